The van der Waals surface area contributed by atoms with Crippen LogP contribution in [0.4, 0.5) is 5.82 Å². The summed E-state index contributed by atoms with van der Waals surface area (Å²) in [6.07, 6.45) is 5.34. The lowest BCUT2D eigenvalue weighted by Gasteiger charge is -2.35. The first-order valence-corrected chi connectivity index (χ1v) is 7.29. The fourth-order valence-electron chi connectivity index (χ4n) is 2.41. The van der Waals surface area contributed by atoms with Gasteiger partial charge in [0.15, 0.2) is 0 Å². The van der Waals surface area contributed by atoms with E-state index in [2.05, 4.69) is 19.8 Å². The molecule has 2 N–H and O–H groups in total. The monoisotopic (exact) mass is 293 g/mol. The van der Waals surface area contributed by atoms with Crippen LogP contribution in [0.3, 0.4) is 0 Å². The average Bonchev–Trinajstić information content (AvgIpc) is 2.52. The molecular formula is C14H23N5O2. The number of amides is 1. The molecule has 1 fully saturated rings. The molecule has 1 aliphatic heterocycles. The predicted octanol–water partition coefficient (Wildman–Crippen LogP) is 0.124. The van der Waals surface area contributed by atoms with Crippen molar-refractivity contribution in [3.05, 3.63) is 18.1 Å². The van der Waals surface area contributed by atoms with E-state index in [-0.39, 0.29) is 5.69 Å². The maximum Gasteiger partial charge on any atom is 0.268 e. The number of hydrogen-bond donors (Lipinski definition) is 1. The van der Waals surface area contributed by atoms with Gasteiger partial charge >= 0.3 is 0 Å². The van der Waals surface area contributed by atoms with Crippen LogP contribution in [-0.2, 0) is 4.74 Å². The van der Waals surface area contributed by atoms with Crippen molar-refractivity contribution in [1.82, 2.24) is 14.9 Å². The van der Waals surface area contributed by atoms with Crippen LogP contribution in [-0.4, -0.2) is 67.2 Å². The molecule has 2 rings (SSSR count). The number of anilines is 1. The third-order valence-electron chi connectivity index (χ3n) is 3.64. The third-order valence-corrected chi connectivity index (χ3v) is 3.64. The van der Waals surface area contributed by atoms with Gasteiger partial charge in [-0.25, -0.2) is 4.98 Å². The van der Waals surface area contributed by atoms with Crippen molar-refractivity contribution in [1.29, 1.82) is 0 Å². The Morgan fingerprint density at radius 2 is 2.05 bits per heavy atom. The van der Waals surface area contributed by atoms with E-state index >= 15 is 0 Å². The first-order valence-electron chi connectivity index (χ1n) is 7.29. The van der Waals surface area contributed by atoms with Crippen LogP contribution in [0, 0.1) is 0 Å². The van der Waals surface area contributed by atoms with E-state index in [1.807, 2.05) is 0 Å². The SMILES string of the molecule is COCCCCN1CCN(c2cncc(C(N)=O)n2)CC1. The summed E-state index contributed by atoms with van der Waals surface area (Å²) in [4.78, 5) is 24.0. The predicted molar refractivity (Wildman–Crippen MR) is 80.3 cm³/mol. The van der Waals surface area contributed by atoms with Crippen LogP contribution in [0.15, 0.2) is 12.4 Å². The van der Waals surface area contributed by atoms with E-state index in [0.29, 0.717) is 0 Å². The minimum Gasteiger partial charge on any atom is -0.385 e. The summed E-state index contributed by atoms with van der Waals surface area (Å²) in [5.41, 5.74) is 5.45. The van der Waals surface area contributed by atoms with E-state index < -0.39 is 5.91 Å². The molecule has 0 atom stereocenters. The molecule has 0 aliphatic carbocycles. The highest BCUT2D eigenvalue weighted by Crippen LogP contribution is 2.13. The number of aromatic nitrogens is 2. The lowest BCUT2D eigenvalue weighted by atomic mass is 10.2. The quantitative estimate of drug-likeness (QED) is 0.719. The highest BCUT2D eigenvalue weighted by Gasteiger charge is 2.18. The molecule has 0 saturated carbocycles. The van der Waals surface area contributed by atoms with Crippen molar-refractivity contribution in [2.45, 2.75) is 12.8 Å². The Kier molecular flexibility index (Phi) is 5.89. The van der Waals surface area contributed by atoms with Crippen LogP contribution in [0.2, 0.25) is 0 Å². The van der Waals surface area contributed by atoms with Gasteiger partial charge < -0.3 is 15.4 Å². The molecule has 0 bridgehead atoms. The maximum absolute atomic E-state index is 11.1. The standard InChI is InChI=1S/C14H23N5O2/c1-21-9-3-2-4-18-5-7-19(8-6-18)13-11-16-10-12(17-13)14(15)20/h10-11H,2-9H2,1H3,(H2,15,20). The van der Waals surface area contributed by atoms with Crippen molar-refractivity contribution in [2.24, 2.45) is 5.73 Å². The van der Waals surface area contributed by atoms with Gasteiger partial charge in [-0.2, -0.15) is 0 Å². The van der Waals surface area contributed by atoms with Gasteiger partial charge in [-0.3, -0.25) is 14.7 Å². The van der Waals surface area contributed by atoms with Crippen molar-refractivity contribution in [2.75, 3.05) is 51.3 Å². The molecular weight excluding hydrogens is 270 g/mol. The second-order valence-corrected chi connectivity index (χ2v) is 5.16. The number of primary amides is 1. The fraction of sp³-hybridized carbons (Fsp3) is 0.643. The van der Waals surface area contributed by atoms with E-state index in [9.17, 15) is 4.79 Å². The minimum atomic E-state index is -0.541. The molecule has 1 aromatic rings. The van der Waals surface area contributed by atoms with Gasteiger partial charge in [-0.15, -0.1) is 0 Å². The number of piperazine rings is 1. The van der Waals surface area contributed by atoms with Crippen molar-refractivity contribution < 1.29 is 9.53 Å². The largest absolute Gasteiger partial charge is 0.385 e. The van der Waals surface area contributed by atoms with Crippen LogP contribution in [0.25, 0.3) is 0 Å². The van der Waals surface area contributed by atoms with Gasteiger partial charge in [0.25, 0.3) is 5.91 Å². The zero-order chi connectivity index (χ0) is 15.1. The van der Waals surface area contributed by atoms with Gasteiger partial charge in [0.05, 0.1) is 12.4 Å². The lowest BCUT2D eigenvalue weighted by molar-refractivity contribution is 0.0995. The molecule has 0 unspecified atom stereocenters. The third kappa shape index (κ3) is 4.64. The summed E-state index contributed by atoms with van der Waals surface area (Å²) in [6, 6.07) is 0. The molecule has 1 saturated heterocycles. The van der Waals surface area contributed by atoms with E-state index in [4.69, 9.17) is 10.5 Å². The van der Waals surface area contributed by atoms with Crippen molar-refractivity contribution in [3.8, 4) is 0 Å². The summed E-state index contributed by atoms with van der Waals surface area (Å²) in [5.74, 6) is 0.187. The van der Waals surface area contributed by atoms with Crippen LogP contribution in [0.1, 0.15) is 23.3 Å². The Hall–Kier alpha value is -1.73. The second kappa shape index (κ2) is 7.90. The number of carbonyl (C=O) groups is 1. The summed E-state index contributed by atoms with van der Waals surface area (Å²) in [7, 11) is 1.74. The number of rotatable bonds is 7. The lowest BCUT2D eigenvalue weighted by Crippen LogP contribution is -2.47. The summed E-state index contributed by atoms with van der Waals surface area (Å²) < 4.78 is 5.06. The summed E-state index contributed by atoms with van der Waals surface area (Å²) in [6.45, 7) is 5.70. The molecule has 0 spiro atoms. The zero-order valence-corrected chi connectivity index (χ0v) is 12.5. The number of hydrogen-bond acceptors (Lipinski definition) is 6. The fourth-order valence-corrected chi connectivity index (χ4v) is 2.41. The minimum absolute atomic E-state index is 0.217. The van der Waals surface area contributed by atoms with Gasteiger partial charge in [-0.05, 0) is 19.4 Å². The Labute approximate surface area is 125 Å². The molecule has 1 amide bonds. The first kappa shape index (κ1) is 15.7. The number of unbranched alkanes of at least 4 members (excludes halogenated alkanes) is 1. The number of methoxy groups -OCH3 is 1. The van der Waals surface area contributed by atoms with Crippen LogP contribution < -0.4 is 10.6 Å². The van der Waals surface area contributed by atoms with E-state index in [0.717, 1.165) is 58.0 Å². The van der Waals surface area contributed by atoms with Crippen LogP contribution >= 0.6 is 0 Å². The average molecular weight is 293 g/mol. The van der Waals surface area contributed by atoms with Gasteiger partial charge in [-0.1, -0.05) is 0 Å². The second-order valence-electron chi connectivity index (χ2n) is 5.16. The number of ether oxygens (including phenoxy) is 1. The number of carbonyl (C=O) groups excluding carboxylic acids is 1. The Morgan fingerprint density at radius 1 is 1.29 bits per heavy atom. The summed E-state index contributed by atoms with van der Waals surface area (Å²) >= 11 is 0. The molecule has 7 heteroatoms. The number of nitrogens with zero attached hydrogens (tertiary/aromatic N) is 4. The molecule has 1 aromatic heterocycles. The van der Waals surface area contributed by atoms with Crippen molar-refractivity contribution in [3.63, 3.8) is 0 Å². The molecule has 0 aromatic carbocycles. The summed E-state index contributed by atoms with van der Waals surface area (Å²) in [5, 5.41) is 0. The Bertz CT molecular complexity index is 460. The highest BCUT2D eigenvalue weighted by molar-refractivity contribution is 5.90. The maximum atomic E-state index is 11.1. The zero-order valence-electron chi connectivity index (χ0n) is 12.5. The normalized spacial score (nSPS) is 16.1. The smallest absolute Gasteiger partial charge is 0.268 e. The molecule has 116 valence electrons. The molecule has 21 heavy (non-hydrogen) atoms. The topological polar surface area (TPSA) is 84.6 Å². The molecule has 7 nitrogen and oxygen atoms in total. The number of nitrogens with two attached hydrogens (primary N) is 1. The Morgan fingerprint density at radius 3 is 2.71 bits per heavy atom. The van der Waals surface area contributed by atoms with Crippen LogP contribution in [0.5, 0.6) is 0 Å². The highest BCUT2D eigenvalue weighted by atomic mass is 16.5. The van der Waals surface area contributed by atoms with Crippen molar-refractivity contribution >= 4 is 11.7 Å². The van der Waals surface area contributed by atoms with E-state index in [1.54, 1.807) is 13.3 Å². The van der Waals surface area contributed by atoms with Gasteiger partial charge in [0.2, 0.25) is 0 Å². The van der Waals surface area contributed by atoms with E-state index in [1.165, 1.54) is 6.20 Å². The van der Waals surface area contributed by atoms with Gasteiger partial charge in [0.1, 0.15) is 11.5 Å². The molecule has 1 aliphatic rings. The van der Waals surface area contributed by atoms with Gasteiger partial charge in [0, 0.05) is 39.9 Å². The Balaban J connectivity index is 1.81. The molecule has 2 heterocycles. The molecule has 0 radical (unpaired) electrons. The first-order chi connectivity index (χ1) is 10.2.